The van der Waals surface area contributed by atoms with Crippen LogP contribution in [0.1, 0.15) is 51.9 Å². The van der Waals surface area contributed by atoms with E-state index in [1.807, 2.05) is 48.5 Å². The molecule has 4 amide bonds. The Labute approximate surface area is 235 Å². The minimum absolute atomic E-state index is 0.0122. The smallest absolute Gasteiger partial charge is 0.411 e. The quantitative estimate of drug-likeness (QED) is 0.488. The van der Waals surface area contributed by atoms with Gasteiger partial charge in [0.1, 0.15) is 5.75 Å². The van der Waals surface area contributed by atoms with Crippen LogP contribution >= 0.6 is 0 Å². The first-order valence-corrected chi connectivity index (χ1v) is 14.3. The van der Waals surface area contributed by atoms with Crippen molar-refractivity contribution in [3.63, 3.8) is 0 Å². The lowest BCUT2D eigenvalue weighted by Gasteiger charge is -2.29. The van der Waals surface area contributed by atoms with Gasteiger partial charge in [-0.2, -0.15) is 0 Å². The molecule has 0 bridgehead atoms. The summed E-state index contributed by atoms with van der Waals surface area (Å²) in [6.45, 7) is 3.62. The molecule has 2 aromatic rings. The summed E-state index contributed by atoms with van der Waals surface area (Å²) in [7, 11) is 1.76. The summed E-state index contributed by atoms with van der Waals surface area (Å²) >= 11 is 0. The number of carbonyl (C=O) groups excluding carboxylic acids is 3. The summed E-state index contributed by atoms with van der Waals surface area (Å²) in [5.41, 5.74) is 2.40. The number of rotatable bonds is 7. The van der Waals surface area contributed by atoms with Gasteiger partial charge in [0.05, 0.1) is 12.1 Å². The Kier molecular flexibility index (Phi) is 8.62. The van der Waals surface area contributed by atoms with Crippen molar-refractivity contribution in [3.8, 4) is 5.75 Å². The minimum atomic E-state index is -0.475. The van der Waals surface area contributed by atoms with Crippen LogP contribution in [0.3, 0.4) is 0 Å². The average molecular weight is 550 g/mol. The minimum Gasteiger partial charge on any atom is -0.490 e. The van der Waals surface area contributed by atoms with Crippen LogP contribution in [0, 0.1) is 0 Å². The Hall–Kier alpha value is -3.95. The molecule has 2 saturated heterocycles. The highest BCUT2D eigenvalue weighted by atomic mass is 16.6. The number of carbonyl (C=O) groups is 3. The van der Waals surface area contributed by atoms with Crippen molar-refractivity contribution >= 4 is 35.1 Å². The molecule has 0 spiro atoms. The molecule has 3 aliphatic rings. The van der Waals surface area contributed by atoms with Crippen molar-refractivity contribution in [1.29, 1.82) is 0 Å². The molecule has 1 saturated carbocycles. The fourth-order valence-electron chi connectivity index (χ4n) is 5.72. The number of ether oxygens (including phenoxy) is 2. The SMILES string of the molecule is CC(=O)N1CCCC1OC(=O)N(C)C1CCN(c2ccc(NC(=O)Nc3ccc(OC4CCCC4)cc3)cc2)C1. The third kappa shape index (κ3) is 6.78. The lowest BCUT2D eigenvalue weighted by molar-refractivity contribution is -0.136. The number of anilines is 3. The largest absolute Gasteiger partial charge is 0.490 e. The van der Waals surface area contributed by atoms with Gasteiger partial charge in [0.25, 0.3) is 0 Å². The highest BCUT2D eigenvalue weighted by molar-refractivity contribution is 5.99. The van der Waals surface area contributed by atoms with Gasteiger partial charge in [-0.15, -0.1) is 0 Å². The van der Waals surface area contributed by atoms with Crippen molar-refractivity contribution in [3.05, 3.63) is 48.5 Å². The second-order valence-electron chi connectivity index (χ2n) is 10.9. The van der Waals surface area contributed by atoms with Gasteiger partial charge in [-0.1, -0.05) is 0 Å². The van der Waals surface area contributed by atoms with Crippen molar-refractivity contribution < 1.29 is 23.9 Å². The topological polar surface area (TPSA) is 103 Å². The van der Waals surface area contributed by atoms with Gasteiger partial charge >= 0.3 is 12.1 Å². The van der Waals surface area contributed by atoms with Crippen molar-refractivity contribution in [1.82, 2.24) is 9.80 Å². The maximum absolute atomic E-state index is 12.8. The number of nitrogens with one attached hydrogen (secondary N) is 2. The highest BCUT2D eigenvalue weighted by Gasteiger charge is 2.34. The van der Waals surface area contributed by atoms with E-state index in [0.717, 1.165) is 43.7 Å². The molecule has 10 nitrogen and oxygen atoms in total. The first-order chi connectivity index (χ1) is 19.4. The molecular weight excluding hydrogens is 510 g/mol. The normalized spacial score (nSPS) is 20.9. The van der Waals surface area contributed by atoms with E-state index in [0.29, 0.717) is 37.0 Å². The maximum Gasteiger partial charge on any atom is 0.411 e. The molecule has 2 aliphatic heterocycles. The predicted molar refractivity (Wildman–Crippen MR) is 154 cm³/mol. The molecule has 2 heterocycles. The summed E-state index contributed by atoms with van der Waals surface area (Å²) in [6.07, 6.45) is 6.42. The lowest BCUT2D eigenvalue weighted by atomic mass is 10.2. The van der Waals surface area contributed by atoms with E-state index in [-0.39, 0.29) is 18.0 Å². The summed E-state index contributed by atoms with van der Waals surface area (Å²) in [5, 5.41) is 5.73. The summed E-state index contributed by atoms with van der Waals surface area (Å²) in [6, 6.07) is 14.8. The van der Waals surface area contributed by atoms with E-state index in [1.165, 1.54) is 19.8 Å². The zero-order valence-corrected chi connectivity index (χ0v) is 23.3. The van der Waals surface area contributed by atoms with Crippen LogP contribution in [-0.4, -0.2) is 72.9 Å². The number of likely N-dealkylation sites (N-methyl/N-ethyl adjacent to an activating group) is 1. The summed E-state index contributed by atoms with van der Waals surface area (Å²) in [5.74, 6) is 0.757. The molecule has 2 N–H and O–H groups in total. The second kappa shape index (κ2) is 12.5. The Morgan fingerprint density at radius 3 is 2.15 bits per heavy atom. The van der Waals surface area contributed by atoms with Crippen molar-refractivity contribution in [2.24, 2.45) is 0 Å². The molecule has 10 heteroatoms. The van der Waals surface area contributed by atoms with Crippen molar-refractivity contribution in [2.45, 2.75) is 70.2 Å². The van der Waals surface area contributed by atoms with Gasteiger partial charge in [-0.25, -0.2) is 9.59 Å². The van der Waals surface area contributed by atoms with E-state index in [9.17, 15) is 14.4 Å². The highest BCUT2D eigenvalue weighted by Crippen LogP contribution is 2.27. The number of hydrogen-bond acceptors (Lipinski definition) is 6. The van der Waals surface area contributed by atoms with Gasteiger partial charge < -0.3 is 34.8 Å². The lowest BCUT2D eigenvalue weighted by Crippen LogP contribution is -2.44. The standard InChI is InChI=1S/C30H39N5O5/c1-21(36)35-18-5-8-28(35)40-30(38)33(2)25-17-19-34(20-25)24-13-9-22(10-14-24)31-29(37)32-23-11-15-27(16-12-23)39-26-6-3-4-7-26/h9-16,25-26,28H,3-8,17-20H2,1-2H3,(H2,31,32,37). The Morgan fingerprint density at radius 1 is 0.850 bits per heavy atom. The number of nitrogens with zero attached hydrogens (tertiary/aromatic N) is 3. The number of hydrogen-bond donors (Lipinski definition) is 2. The maximum atomic E-state index is 12.8. The Balaban J connectivity index is 1.07. The molecular formula is C30H39N5O5. The van der Waals surface area contributed by atoms with Crippen LogP contribution in [0.25, 0.3) is 0 Å². The number of likely N-dealkylation sites (tertiary alicyclic amines) is 1. The van der Waals surface area contributed by atoms with Crippen LogP contribution in [0.5, 0.6) is 5.75 Å². The molecule has 214 valence electrons. The van der Waals surface area contributed by atoms with Crippen LogP contribution in [0.15, 0.2) is 48.5 Å². The number of urea groups is 1. The van der Waals surface area contributed by atoms with Gasteiger partial charge in [0.2, 0.25) is 5.91 Å². The zero-order chi connectivity index (χ0) is 28.1. The van der Waals surface area contributed by atoms with Gasteiger partial charge in [-0.3, -0.25) is 4.79 Å². The molecule has 3 fully saturated rings. The third-order valence-corrected chi connectivity index (χ3v) is 8.05. The van der Waals surface area contributed by atoms with Gasteiger partial charge in [0.15, 0.2) is 6.23 Å². The molecule has 2 aromatic carbocycles. The zero-order valence-electron chi connectivity index (χ0n) is 23.3. The van der Waals surface area contributed by atoms with Crippen LogP contribution < -0.4 is 20.3 Å². The monoisotopic (exact) mass is 549 g/mol. The fourth-order valence-corrected chi connectivity index (χ4v) is 5.72. The predicted octanol–water partition coefficient (Wildman–Crippen LogP) is 5.27. The summed E-state index contributed by atoms with van der Waals surface area (Å²) < 4.78 is 11.6. The van der Waals surface area contributed by atoms with Crippen LogP contribution in [0.2, 0.25) is 0 Å². The summed E-state index contributed by atoms with van der Waals surface area (Å²) in [4.78, 5) is 42.5. The van der Waals surface area contributed by atoms with Gasteiger partial charge in [-0.05, 0) is 87.1 Å². The molecule has 2 unspecified atom stereocenters. The first kappa shape index (κ1) is 27.6. The molecule has 2 atom stereocenters. The first-order valence-electron chi connectivity index (χ1n) is 14.3. The third-order valence-electron chi connectivity index (χ3n) is 8.05. The van der Waals surface area contributed by atoms with E-state index < -0.39 is 12.3 Å². The number of amides is 4. The van der Waals surface area contributed by atoms with E-state index >= 15 is 0 Å². The van der Waals surface area contributed by atoms with E-state index in [2.05, 4.69) is 15.5 Å². The van der Waals surface area contributed by atoms with Crippen molar-refractivity contribution in [2.75, 3.05) is 42.2 Å². The molecule has 40 heavy (non-hydrogen) atoms. The van der Waals surface area contributed by atoms with Crippen LogP contribution in [0.4, 0.5) is 26.7 Å². The molecule has 0 radical (unpaired) electrons. The van der Waals surface area contributed by atoms with E-state index in [1.54, 1.807) is 16.8 Å². The number of benzene rings is 2. The van der Waals surface area contributed by atoms with Gasteiger partial charge in [0, 0.05) is 57.1 Å². The Morgan fingerprint density at radius 2 is 1.50 bits per heavy atom. The van der Waals surface area contributed by atoms with Crippen LogP contribution in [-0.2, 0) is 9.53 Å². The molecule has 0 aromatic heterocycles. The Bertz CT molecular complexity index is 1180. The molecule has 5 rings (SSSR count). The second-order valence-corrected chi connectivity index (χ2v) is 10.9. The molecule has 1 aliphatic carbocycles. The fraction of sp³-hybridized carbons (Fsp3) is 0.500. The average Bonchev–Trinajstić information content (AvgIpc) is 3.72. The van der Waals surface area contributed by atoms with E-state index in [4.69, 9.17) is 9.47 Å².